The van der Waals surface area contributed by atoms with Crippen LogP contribution in [0.15, 0.2) is 17.5 Å². The molecule has 5 nitrogen and oxygen atoms in total. The van der Waals surface area contributed by atoms with Crippen molar-refractivity contribution in [2.45, 2.75) is 58.7 Å². The molecule has 1 aliphatic heterocycles. The summed E-state index contributed by atoms with van der Waals surface area (Å²) in [5, 5.41) is 1.98. The molecule has 1 aliphatic rings. The molecule has 2 aromatic heterocycles. The molecule has 1 saturated heterocycles. The van der Waals surface area contributed by atoms with Gasteiger partial charge in [-0.25, -0.2) is 4.79 Å². The highest BCUT2D eigenvalue weighted by molar-refractivity contribution is 7.17. The summed E-state index contributed by atoms with van der Waals surface area (Å²) in [5.74, 6) is -0.294. The number of likely N-dealkylation sites (tertiary alicyclic amines) is 1. The molecule has 0 saturated carbocycles. The van der Waals surface area contributed by atoms with Crippen LogP contribution in [0, 0.1) is 0 Å². The Hall–Kier alpha value is -1.82. The van der Waals surface area contributed by atoms with Crippen molar-refractivity contribution in [1.29, 1.82) is 0 Å². The lowest BCUT2D eigenvalue weighted by Crippen LogP contribution is -2.48. The van der Waals surface area contributed by atoms with Crippen LogP contribution in [0.4, 0.5) is 0 Å². The molecule has 2 atom stereocenters. The number of carbonyl (C=O) groups is 2. The topological polar surface area (TPSA) is 51.5 Å². The van der Waals surface area contributed by atoms with E-state index >= 15 is 0 Å². The van der Waals surface area contributed by atoms with Crippen LogP contribution < -0.4 is 0 Å². The third kappa shape index (κ3) is 3.07. The highest BCUT2D eigenvalue weighted by atomic mass is 32.1. The fourth-order valence-electron chi connectivity index (χ4n) is 3.65. The first kappa shape index (κ1) is 17.0. The standard InChI is InChI=1S/C18H24N2O3S/c1-4-23-18(22)15-10-16-14(8-9-24-16)19(15)11-17(21)20-12(2)6-5-7-13(20)3/h8-10,12-13H,4-7,11H2,1-3H3/t12-,13-/m0/s1. The summed E-state index contributed by atoms with van der Waals surface area (Å²) >= 11 is 1.57. The van der Waals surface area contributed by atoms with Gasteiger partial charge < -0.3 is 14.2 Å². The molecule has 1 fully saturated rings. The molecule has 6 heteroatoms. The first-order valence-electron chi connectivity index (χ1n) is 8.58. The zero-order valence-electron chi connectivity index (χ0n) is 14.4. The molecular formula is C18H24N2O3S. The van der Waals surface area contributed by atoms with E-state index in [0.717, 1.165) is 23.1 Å². The van der Waals surface area contributed by atoms with Crippen LogP contribution in [0.2, 0.25) is 0 Å². The molecule has 0 aromatic carbocycles. The SMILES string of the molecule is CCOC(=O)c1cc2sccc2n1CC(=O)N1[C@@H](C)CCC[C@@H]1C. The minimum atomic E-state index is -0.367. The lowest BCUT2D eigenvalue weighted by Gasteiger charge is -2.39. The Labute approximate surface area is 146 Å². The molecule has 1 amide bonds. The number of fused-ring (bicyclic) bond motifs is 1. The van der Waals surface area contributed by atoms with E-state index in [1.807, 2.05) is 22.4 Å². The van der Waals surface area contributed by atoms with Crippen LogP contribution in [-0.4, -0.2) is 40.0 Å². The van der Waals surface area contributed by atoms with Gasteiger partial charge in [0.2, 0.25) is 5.91 Å². The summed E-state index contributed by atoms with van der Waals surface area (Å²) in [6.45, 7) is 6.51. The summed E-state index contributed by atoms with van der Waals surface area (Å²) in [6, 6.07) is 4.29. The van der Waals surface area contributed by atoms with Crippen molar-refractivity contribution >= 4 is 33.4 Å². The van der Waals surface area contributed by atoms with Crippen molar-refractivity contribution in [3.63, 3.8) is 0 Å². The maximum absolute atomic E-state index is 12.9. The fourth-order valence-corrected chi connectivity index (χ4v) is 4.47. The highest BCUT2D eigenvalue weighted by Crippen LogP contribution is 2.28. The molecule has 0 radical (unpaired) electrons. The Bertz CT molecular complexity index is 739. The monoisotopic (exact) mass is 348 g/mol. The third-order valence-electron chi connectivity index (χ3n) is 4.78. The molecule has 3 rings (SSSR count). The van der Waals surface area contributed by atoms with Crippen LogP contribution in [0.5, 0.6) is 0 Å². The number of carbonyl (C=O) groups excluding carboxylic acids is 2. The lowest BCUT2D eigenvalue weighted by atomic mass is 9.97. The highest BCUT2D eigenvalue weighted by Gasteiger charge is 2.30. The molecule has 24 heavy (non-hydrogen) atoms. The van der Waals surface area contributed by atoms with E-state index in [9.17, 15) is 9.59 Å². The molecule has 2 aromatic rings. The number of amides is 1. The average Bonchev–Trinajstić information content (AvgIpc) is 3.10. The molecule has 0 N–H and O–H groups in total. The summed E-state index contributed by atoms with van der Waals surface area (Å²) in [6.07, 6.45) is 3.25. The number of nitrogens with zero attached hydrogens (tertiary/aromatic N) is 2. The predicted molar refractivity (Wildman–Crippen MR) is 95.4 cm³/mol. The third-order valence-corrected chi connectivity index (χ3v) is 5.64. The van der Waals surface area contributed by atoms with Crippen LogP contribution in [-0.2, 0) is 16.1 Å². The molecule has 3 heterocycles. The number of rotatable bonds is 4. The smallest absolute Gasteiger partial charge is 0.355 e. The van der Waals surface area contributed by atoms with Gasteiger partial charge in [-0.2, -0.15) is 0 Å². The van der Waals surface area contributed by atoms with E-state index in [1.54, 1.807) is 22.8 Å². The number of piperidine rings is 1. The number of aromatic nitrogens is 1. The Kier molecular flexibility index (Phi) is 4.94. The zero-order chi connectivity index (χ0) is 17.3. The second-order valence-electron chi connectivity index (χ2n) is 6.44. The number of thiophene rings is 1. The summed E-state index contributed by atoms with van der Waals surface area (Å²) in [7, 11) is 0. The first-order valence-corrected chi connectivity index (χ1v) is 9.46. The fraction of sp³-hybridized carbons (Fsp3) is 0.556. The van der Waals surface area contributed by atoms with E-state index in [0.29, 0.717) is 12.3 Å². The van der Waals surface area contributed by atoms with Gasteiger partial charge in [0.15, 0.2) is 0 Å². The van der Waals surface area contributed by atoms with Crippen LogP contribution in [0.3, 0.4) is 0 Å². The quantitative estimate of drug-likeness (QED) is 0.792. The minimum Gasteiger partial charge on any atom is -0.461 e. The van der Waals surface area contributed by atoms with Gasteiger partial charge in [-0.3, -0.25) is 4.79 Å². The Morgan fingerprint density at radius 2 is 2.00 bits per heavy atom. The second kappa shape index (κ2) is 6.97. The van der Waals surface area contributed by atoms with Crippen LogP contribution >= 0.6 is 11.3 Å². The number of ether oxygens (including phenoxy) is 1. The molecule has 0 bridgehead atoms. The number of hydrogen-bond donors (Lipinski definition) is 0. The maximum atomic E-state index is 12.9. The number of hydrogen-bond acceptors (Lipinski definition) is 4. The largest absolute Gasteiger partial charge is 0.461 e. The molecule has 130 valence electrons. The van der Waals surface area contributed by atoms with Crippen molar-refractivity contribution < 1.29 is 14.3 Å². The van der Waals surface area contributed by atoms with Crippen LogP contribution in [0.1, 0.15) is 50.5 Å². The maximum Gasteiger partial charge on any atom is 0.355 e. The van der Waals surface area contributed by atoms with Gasteiger partial charge in [-0.15, -0.1) is 11.3 Å². The van der Waals surface area contributed by atoms with Gasteiger partial charge in [-0.05, 0) is 57.5 Å². The van der Waals surface area contributed by atoms with Gasteiger partial charge in [0.1, 0.15) is 12.2 Å². The second-order valence-corrected chi connectivity index (χ2v) is 7.38. The van der Waals surface area contributed by atoms with Crippen molar-refractivity contribution in [3.8, 4) is 0 Å². The molecule has 0 unspecified atom stereocenters. The number of esters is 1. The molecular weight excluding hydrogens is 324 g/mol. The summed E-state index contributed by atoms with van der Waals surface area (Å²) in [5.41, 5.74) is 1.39. The van der Waals surface area contributed by atoms with Gasteiger partial charge in [-0.1, -0.05) is 0 Å². The van der Waals surface area contributed by atoms with Crippen molar-refractivity contribution in [1.82, 2.24) is 9.47 Å². The minimum absolute atomic E-state index is 0.0731. The molecule has 0 spiro atoms. The Morgan fingerprint density at radius 3 is 2.67 bits per heavy atom. The van der Waals surface area contributed by atoms with E-state index in [1.165, 1.54) is 6.42 Å². The first-order chi connectivity index (χ1) is 11.5. The lowest BCUT2D eigenvalue weighted by molar-refractivity contribution is -0.137. The van der Waals surface area contributed by atoms with Gasteiger partial charge in [0, 0.05) is 12.1 Å². The van der Waals surface area contributed by atoms with Crippen molar-refractivity contribution in [2.75, 3.05) is 6.61 Å². The van der Waals surface area contributed by atoms with Crippen molar-refractivity contribution in [2.24, 2.45) is 0 Å². The normalized spacial score (nSPS) is 21.2. The van der Waals surface area contributed by atoms with E-state index in [2.05, 4.69) is 13.8 Å². The predicted octanol–water partition coefficient (Wildman–Crippen LogP) is 3.67. The van der Waals surface area contributed by atoms with E-state index in [-0.39, 0.29) is 30.5 Å². The van der Waals surface area contributed by atoms with Crippen LogP contribution in [0.25, 0.3) is 10.2 Å². The van der Waals surface area contributed by atoms with Gasteiger partial charge in [0.05, 0.1) is 16.8 Å². The Balaban J connectivity index is 1.90. The van der Waals surface area contributed by atoms with E-state index in [4.69, 9.17) is 4.74 Å². The van der Waals surface area contributed by atoms with Gasteiger partial charge in [0.25, 0.3) is 0 Å². The average molecular weight is 348 g/mol. The molecule has 0 aliphatic carbocycles. The van der Waals surface area contributed by atoms with Gasteiger partial charge >= 0.3 is 5.97 Å². The van der Waals surface area contributed by atoms with Crippen molar-refractivity contribution in [3.05, 3.63) is 23.2 Å². The summed E-state index contributed by atoms with van der Waals surface area (Å²) < 4.78 is 7.97. The zero-order valence-corrected chi connectivity index (χ0v) is 15.3. The van der Waals surface area contributed by atoms with E-state index < -0.39 is 0 Å². The Morgan fingerprint density at radius 1 is 1.29 bits per heavy atom. The summed E-state index contributed by atoms with van der Waals surface area (Å²) in [4.78, 5) is 27.2.